The third-order valence-corrected chi connectivity index (χ3v) is 5.84. The number of aromatic nitrogens is 1. The minimum absolute atomic E-state index is 0. The van der Waals surface area contributed by atoms with Crippen molar-refractivity contribution in [3.05, 3.63) is 50.9 Å². The van der Waals surface area contributed by atoms with E-state index in [0.29, 0.717) is 18.1 Å². The molecule has 158 valence electrons. The van der Waals surface area contributed by atoms with E-state index < -0.39 is 0 Å². The molecule has 2 aromatic heterocycles. The average molecular weight is 548 g/mol. The van der Waals surface area contributed by atoms with E-state index in [9.17, 15) is 4.79 Å². The number of nitrogens with one attached hydrogen (secondary N) is 2. The van der Waals surface area contributed by atoms with Crippen LogP contribution in [-0.4, -0.2) is 47.9 Å². The number of carbonyl (C=O) groups excluding carboxylic acids is 1. The number of carbonyl (C=O) groups is 1. The van der Waals surface area contributed by atoms with Crippen LogP contribution in [0.15, 0.2) is 34.8 Å². The summed E-state index contributed by atoms with van der Waals surface area (Å²) < 4.78 is 0. The van der Waals surface area contributed by atoms with Gasteiger partial charge in [0.15, 0.2) is 5.96 Å². The molecule has 2 N–H and O–H groups in total. The molecule has 0 saturated carbocycles. The van der Waals surface area contributed by atoms with Gasteiger partial charge in [0.05, 0.1) is 6.54 Å². The molecule has 1 aliphatic heterocycles. The average Bonchev–Trinajstić information content (AvgIpc) is 3.17. The van der Waals surface area contributed by atoms with E-state index in [1.807, 2.05) is 17.9 Å². The molecular weight excluding hydrogens is 521 g/mol. The molecule has 0 unspecified atom stereocenters. The number of fused-ring (bicyclic) bond motifs is 1. The van der Waals surface area contributed by atoms with Crippen molar-refractivity contribution in [2.24, 2.45) is 4.99 Å². The molecule has 0 atom stereocenters. The smallest absolute Gasteiger partial charge is 0.224 e. The van der Waals surface area contributed by atoms with Gasteiger partial charge in [-0.1, -0.05) is 17.7 Å². The molecule has 0 radical (unpaired) electrons. The molecule has 0 bridgehead atoms. The predicted octanol–water partition coefficient (Wildman–Crippen LogP) is 3.49. The van der Waals surface area contributed by atoms with Crippen LogP contribution in [0.2, 0.25) is 5.15 Å². The van der Waals surface area contributed by atoms with Gasteiger partial charge in [0.2, 0.25) is 5.91 Å². The second-order valence-corrected chi connectivity index (χ2v) is 8.00. The van der Waals surface area contributed by atoms with Crippen molar-refractivity contribution in [2.45, 2.75) is 32.7 Å². The Hall–Kier alpha value is -1.39. The lowest BCUT2D eigenvalue weighted by Gasteiger charge is -2.26. The van der Waals surface area contributed by atoms with E-state index in [2.05, 4.69) is 32.1 Å². The van der Waals surface area contributed by atoms with Gasteiger partial charge in [-0.15, -0.1) is 35.3 Å². The zero-order valence-electron chi connectivity index (χ0n) is 16.5. The fraction of sp³-hybridized carbons (Fsp3) is 0.450. The van der Waals surface area contributed by atoms with Gasteiger partial charge in [-0.25, -0.2) is 4.98 Å². The molecule has 29 heavy (non-hydrogen) atoms. The summed E-state index contributed by atoms with van der Waals surface area (Å²) >= 11 is 7.60. The lowest BCUT2D eigenvalue weighted by atomic mass is 10.1. The van der Waals surface area contributed by atoms with Crippen LogP contribution in [0, 0.1) is 0 Å². The zero-order valence-corrected chi connectivity index (χ0v) is 20.4. The molecular formula is C20H27ClIN5OS. The normalized spacial score (nSPS) is 13.4. The number of rotatable bonds is 7. The minimum Gasteiger partial charge on any atom is -0.357 e. The number of hydrogen-bond donors (Lipinski definition) is 2. The first-order chi connectivity index (χ1) is 13.7. The predicted molar refractivity (Wildman–Crippen MR) is 130 cm³/mol. The summed E-state index contributed by atoms with van der Waals surface area (Å²) in [7, 11) is 0. The highest BCUT2D eigenvalue weighted by Crippen LogP contribution is 2.24. The summed E-state index contributed by atoms with van der Waals surface area (Å²) in [5.41, 5.74) is 2.40. The molecule has 0 aliphatic carbocycles. The minimum atomic E-state index is 0. The second kappa shape index (κ2) is 12.3. The number of halogens is 2. The molecule has 0 spiro atoms. The number of amides is 1. The van der Waals surface area contributed by atoms with Crippen LogP contribution in [0.3, 0.4) is 0 Å². The third kappa shape index (κ3) is 7.42. The Morgan fingerprint density at radius 3 is 2.97 bits per heavy atom. The van der Waals surface area contributed by atoms with Crippen LogP contribution in [0.5, 0.6) is 0 Å². The van der Waals surface area contributed by atoms with Gasteiger partial charge < -0.3 is 15.5 Å². The molecule has 6 nitrogen and oxygen atoms in total. The Morgan fingerprint density at radius 2 is 2.21 bits per heavy atom. The van der Waals surface area contributed by atoms with Crippen molar-refractivity contribution in [2.75, 3.05) is 26.2 Å². The van der Waals surface area contributed by atoms with Crippen LogP contribution in [0.1, 0.15) is 29.3 Å². The Kier molecular flexibility index (Phi) is 10.2. The van der Waals surface area contributed by atoms with E-state index >= 15 is 0 Å². The zero-order chi connectivity index (χ0) is 19.8. The lowest BCUT2D eigenvalue weighted by molar-refractivity contribution is -0.131. The Balaban J connectivity index is 0.00000300. The van der Waals surface area contributed by atoms with Crippen molar-refractivity contribution >= 4 is 58.8 Å². The number of aliphatic imine (C=N–C) groups is 1. The van der Waals surface area contributed by atoms with E-state index in [1.54, 1.807) is 23.6 Å². The summed E-state index contributed by atoms with van der Waals surface area (Å²) in [5.74, 6) is 0.902. The fourth-order valence-corrected chi connectivity index (χ4v) is 4.11. The molecule has 0 fully saturated rings. The SMILES string of the molecule is CCNC(=NCCC(=O)N1CCc2sccc2C1)NCCc1ccc(Cl)nc1.I. The van der Waals surface area contributed by atoms with Crippen LogP contribution in [0.25, 0.3) is 0 Å². The molecule has 0 saturated heterocycles. The van der Waals surface area contributed by atoms with Crippen LogP contribution in [0.4, 0.5) is 0 Å². The number of nitrogens with zero attached hydrogens (tertiary/aromatic N) is 3. The molecule has 3 heterocycles. The maximum absolute atomic E-state index is 12.5. The molecule has 2 aromatic rings. The van der Waals surface area contributed by atoms with Crippen LogP contribution >= 0.6 is 46.9 Å². The van der Waals surface area contributed by atoms with Crippen LogP contribution < -0.4 is 10.6 Å². The lowest BCUT2D eigenvalue weighted by Crippen LogP contribution is -2.39. The van der Waals surface area contributed by atoms with Crippen molar-refractivity contribution in [1.82, 2.24) is 20.5 Å². The summed E-state index contributed by atoms with van der Waals surface area (Å²) in [6.07, 6.45) is 4.00. The highest BCUT2D eigenvalue weighted by Gasteiger charge is 2.20. The molecule has 3 rings (SSSR count). The van der Waals surface area contributed by atoms with Gasteiger partial charge >= 0.3 is 0 Å². The maximum atomic E-state index is 12.5. The van der Waals surface area contributed by atoms with Crippen molar-refractivity contribution < 1.29 is 4.79 Å². The fourth-order valence-electron chi connectivity index (χ4n) is 3.10. The topological polar surface area (TPSA) is 69.6 Å². The van der Waals surface area contributed by atoms with E-state index in [-0.39, 0.29) is 29.9 Å². The highest BCUT2D eigenvalue weighted by atomic mass is 127. The van der Waals surface area contributed by atoms with E-state index in [1.165, 1.54) is 10.4 Å². The number of pyridine rings is 1. The molecule has 1 aliphatic rings. The number of thiophene rings is 1. The summed E-state index contributed by atoms with van der Waals surface area (Å²) in [6.45, 7) is 5.55. The Labute approximate surface area is 198 Å². The van der Waals surface area contributed by atoms with Crippen molar-refractivity contribution in [3.63, 3.8) is 0 Å². The largest absolute Gasteiger partial charge is 0.357 e. The summed E-state index contributed by atoms with van der Waals surface area (Å²) in [6, 6.07) is 5.89. The number of guanidine groups is 1. The van der Waals surface area contributed by atoms with Gasteiger partial charge in [0.1, 0.15) is 5.15 Å². The van der Waals surface area contributed by atoms with Crippen molar-refractivity contribution in [1.29, 1.82) is 0 Å². The quantitative estimate of drug-likeness (QED) is 0.241. The summed E-state index contributed by atoms with van der Waals surface area (Å²) in [5, 5.41) is 9.13. The van der Waals surface area contributed by atoms with Crippen LogP contribution in [-0.2, 0) is 24.2 Å². The standard InChI is InChI=1S/C20H26ClN5OS.HI/c1-2-22-20(23-9-5-15-3-4-18(21)25-13-15)24-10-6-19(27)26-11-7-17-16(14-26)8-12-28-17;/h3-4,8,12-13H,2,5-7,9-11,14H2,1H3,(H2,22,23,24);1H. The molecule has 9 heteroatoms. The van der Waals surface area contributed by atoms with Gasteiger partial charge in [-0.3, -0.25) is 9.79 Å². The monoisotopic (exact) mass is 547 g/mol. The Morgan fingerprint density at radius 1 is 1.34 bits per heavy atom. The van der Waals surface area contributed by atoms with Gasteiger partial charge in [0, 0.05) is 43.7 Å². The number of hydrogen-bond acceptors (Lipinski definition) is 4. The highest BCUT2D eigenvalue weighted by molar-refractivity contribution is 14.0. The second-order valence-electron chi connectivity index (χ2n) is 6.61. The van der Waals surface area contributed by atoms with E-state index in [0.717, 1.165) is 50.5 Å². The first-order valence-corrected chi connectivity index (χ1v) is 10.9. The summed E-state index contributed by atoms with van der Waals surface area (Å²) in [4.78, 5) is 24.5. The van der Waals surface area contributed by atoms with Gasteiger partial charge in [-0.05, 0) is 48.4 Å². The third-order valence-electron chi connectivity index (χ3n) is 4.59. The Bertz CT molecular complexity index is 811. The van der Waals surface area contributed by atoms with E-state index in [4.69, 9.17) is 11.6 Å². The maximum Gasteiger partial charge on any atom is 0.224 e. The first-order valence-electron chi connectivity index (χ1n) is 9.61. The first kappa shape index (κ1) is 23.9. The van der Waals surface area contributed by atoms with Crippen molar-refractivity contribution in [3.8, 4) is 0 Å². The molecule has 1 amide bonds. The molecule has 0 aromatic carbocycles. The van der Waals surface area contributed by atoms with Gasteiger partial charge in [-0.2, -0.15) is 0 Å². The van der Waals surface area contributed by atoms with Gasteiger partial charge in [0.25, 0.3) is 0 Å².